The standard InChI is InChI=1S/C28H32FNO3/c1-27(2)9-6-10-28(3)24(27)15-19-11-17(13-22(31)26(19)33-28)7-8-18-12-21-25(23(14-18)32-5)20(29)16-30(21)4/h7-8,11-14,16,24,31H,6,9-10,15H2,1-5H3/b8-7+/t24-,28-/m1/s1. The lowest BCUT2D eigenvalue weighted by Gasteiger charge is -2.53. The molecule has 5 heteroatoms. The highest BCUT2D eigenvalue weighted by atomic mass is 19.1. The fraction of sp³-hybridized carbons (Fsp3) is 0.429. The highest BCUT2D eigenvalue weighted by Crippen LogP contribution is 2.54. The van der Waals surface area contributed by atoms with Gasteiger partial charge in [-0.05, 0) is 79.0 Å². The van der Waals surface area contributed by atoms with Gasteiger partial charge in [-0.25, -0.2) is 4.39 Å². The van der Waals surface area contributed by atoms with Crippen molar-refractivity contribution in [2.75, 3.05) is 7.11 Å². The van der Waals surface area contributed by atoms with Crippen LogP contribution in [0, 0.1) is 17.2 Å². The van der Waals surface area contributed by atoms with Gasteiger partial charge in [-0.2, -0.15) is 0 Å². The average Bonchev–Trinajstić information content (AvgIpc) is 3.04. The van der Waals surface area contributed by atoms with Gasteiger partial charge in [0.15, 0.2) is 17.3 Å². The Morgan fingerprint density at radius 2 is 1.85 bits per heavy atom. The minimum atomic E-state index is -0.294. The summed E-state index contributed by atoms with van der Waals surface area (Å²) in [4.78, 5) is 0. The molecule has 3 aromatic rings. The maximum atomic E-state index is 14.3. The molecule has 2 atom stereocenters. The van der Waals surface area contributed by atoms with Gasteiger partial charge < -0.3 is 19.1 Å². The molecule has 1 aromatic heterocycles. The van der Waals surface area contributed by atoms with Gasteiger partial charge in [-0.15, -0.1) is 0 Å². The Labute approximate surface area is 194 Å². The molecule has 0 unspecified atom stereocenters. The van der Waals surface area contributed by atoms with E-state index in [1.54, 1.807) is 17.7 Å². The van der Waals surface area contributed by atoms with Crippen molar-refractivity contribution < 1.29 is 19.0 Å². The Balaban J connectivity index is 1.50. The van der Waals surface area contributed by atoms with E-state index in [9.17, 15) is 9.50 Å². The van der Waals surface area contributed by atoms with Crippen molar-refractivity contribution in [3.8, 4) is 17.2 Å². The molecule has 0 spiro atoms. The second kappa shape index (κ2) is 7.54. The zero-order valence-corrected chi connectivity index (χ0v) is 20.0. The maximum Gasteiger partial charge on any atom is 0.164 e. The van der Waals surface area contributed by atoms with Crippen LogP contribution in [0.3, 0.4) is 0 Å². The summed E-state index contributed by atoms with van der Waals surface area (Å²) in [6.45, 7) is 6.87. The van der Waals surface area contributed by atoms with E-state index in [0.717, 1.165) is 41.5 Å². The predicted octanol–water partition coefficient (Wildman–Crippen LogP) is 6.72. The third-order valence-corrected chi connectivity index (χ3v) is 7.82. The molecule has 174 valence electrons. The van der Waals surface area contributed by atoms with Crippen molar-refractivity contribution in [2.24, 2.45) is 18.4 Å². The third-order valence-electron chi connectivity index (χ3n) is 7.82. The first-order valence-electron chi connectivity index (χ1n) is 11.7. The van der Waals surface area contributed by atoms with E-state index in [0.29, 0.717) is 22.8 Å². The number of fused-ring (bicyclic) bond motifs is 3. The Kier molecular flexibility index (Phi) is 5.00. The number of aromatic hydroxyl groups is 1. The molecule has 2 heterocycles. The van der Waals surface area contributed by atoms with Crippen LogP contribution in [0.1, 0.15) is 56.7 Å². The van der Waals surface area contributed by atoms with Gasteiger partial charge in [0.05, 0.1) is 18.0 Å². The monoisotopic (exact) mass is 449 g/mol. The lowest BCUT2D eigenvalue weighted by atomic mass is 9.59. The molecule has 0 radical (unpaired) electrons. The summed E-state index contributed by atoms with van der Waals surface area (Å²) >= 11 is 0. The zero-order chi connectivity index (χ0) is 23.5. The van der Waals surface area contributed by atoms with Gasteiger partial charge >= 0.3 is 0 Å². The summed E-state index contributed by atoms with van der Waals surface area (Å²) < 4.78 is 28.0. The maximum absolute atomic E-state index is 14.3. The lowest BCUT2D eigenvalue weighted by molar-refractivity contribution is -0.0827. The quantitative estimate of drug-likeness (QED) is 0.451. The Bertz CT molecular complexity index is 1270. The fourth-order valence-corrected chi connectivity index (χ4v) is 6.09. The Morgan fingerprint density at radius 3 is 2.58 bits per heavy atom. The van der Waals surface area contributed by atoms with Crippen molar-refractivity contribution in [3.63, 3.8) is 0 Å². The van der Waals surface area contributed by atoms with Crippen molar-refractivity contribution in [1.82, 2.24) is 4.57 Å². The Morgan fingerprint density at radius 1 is 1.12 bits per heavy atom. The fourth-order valence-electron chi connectivity index (χ4n) is 6.09. The molecule has 1 aliphatic heterocycles. The molecule has 2 aliphatic rings. The zero-order valence-electron chi connectivity index (χ0n) is 20.0. The molecule has 1 N–H and O–H groups in total. The largest absolute Gasteiger partial charge is 0.504 e. The van der Waals surface area contributed by atoms with Gasteiger partial charge in [0.1, 0.15) is 11.4 Å². The van der Waals surface area contributed by atoms with Crippen LogP contribution in [0.25, 0.3) is 23.1 Å². The summed E-state index contributed by atoms with van der Waals surface area (Å²) in [6, 6.07) is 7.65. The van der Waals surface area contributed by atoms with Gasteiger partial charge in [-0.3, -0.25) is 0 Å². The number of phenols is 1. The number of halogens is 1. The molecule has 1 fully saturated rings. The molecule has 5 rings (SSSR count). The number of aromatic nitrogens is 1. The van der Waals surface area contributed by atoms with Crippen LogP contribution in [-0.4, -0.2) is 22.4 Å². The van der Waals surface area contributed by atoms with E-state index in [4.69, 9.17) is 9.47 Å². The molecule has 33 heavy (non-hydrogen) atoms. The molecule has 4 nitrogen and oxygen atoms in total. The minimum absolute atomic E-state index is 0.188. The van der Waals surface area contributed by atoms with Crippen LogP contribution in [0.5, 0.6) is 17.2 Å². The van der Waals surface area contributed by atoms with E-state index in [1.807, 2.05) is 31.3 Å². The molecular weight excluding hydrogens is 417 g/mol. The van der Waals surface area contributed by atoms with Crippen LogP contribution in [0.4, 0.5) is 4.39 Å². The highest BCUT2D eigenvalue weighted by Gasteiger charge is 2.51. The second-order valence-electron chi connectivity index (χ2n) is 10.6. The number of hydrogen-bond acceptors (Lipinski definition) is 3. The van der Waals surface area contributed by atoms with Gasteiger partial charge in [0.25, 0.3) is 0 Å². The number of hydrogen-bond donors (Lipinski definition) is 1. The van der Waals surface area contributed by atoms with E-state index in [1.165, 1.54) is 12.6 Å². The minimum Gasteiger partial charge on any atom is -0.504 e. The summed E-state index contributed by atoms with van der Waals surface area (Å²) in [5.74, 6) is 1.44. The number of phenolic OH excluding ortho intramolecular Hbond substituents is 1. The van der Waals surface area contributed by atoms with Crippen LogP contribution in [0.15, 0.2) is 30.5 Å². The summed E-state index contributed by atoms with van der Waals surface area (Å²) in [7, 11) is 3.37. The summed E-state index contributed by atoms with van der Waals surface area (Å²) in [5, 5.41) is 11.3. The van der Waals surface area contributed by atoms with E-state index in [2.05, 4.69) is 26.8 Å². The molecule has 2 aromatic carbocycles. The molecule has 0 saturated heterocycles. The van der Waals surface area contributed by atoms with E-state index >= 15 is 0 Å². The van der Waals surface area contributed by atoms with Crippen molar-refractivity contribution in [2.45, 2.75) is 52.1 Å². The van der Waals surface area contributed by atoms with Crippen molar-refractivity contribution in [3.05, 3.63) is 53.0 Å². The average molecular weight is 450 g/mol. The first-order chi connectivity index (χ1) is 15.6. The number of benzene rings is 2. The van der Waals surface area contributed by atoms with Crippen LogP contribution < -0.4 is 9.47 Å². The molecule has 0 amide bonds. The summed E-state index contributed by atoms with van der Waals surface area (Å²) in [5.41, 5.74) is 3.60. The van der Waals surface area contributed by atoms with Crippen LogP contribution in [-0.2, 0) is 13.5 Å². The van der Waals surface area contributed by atoms with Crippen molar-refractivity contribution >= 4 is 23.1 Å². The normalized spacial score (nSPS) is 23.9. The number of ether oxygens (including phenoxy) is 2. The SMILES string of the molecule is COc1cc(/C=C/c2cc(O)c3c(c2)C[C@@H]2C(C)(C)CCC[C@@]2(C)O3)cc2c1c(F)cn2C. The number of methoxy groups -OCH3 is 1. The Hall–Kier alpha value is -2.95. The first kappa shape index (κ1) is 21.9. The third kappa shape index (κ3) is 3.58. The second-order valence-corrected chi connectivity index (χ2v) is 10.6. The number of nitrogens with zero attached hydrogens (tertiary/aromatic N) is 1. The molecule has 1 aliphatic carbocycles. The van der Waals surface area contributed by atoms with Crippen molar-refractivity contribution in [1.29, 1.82) is 0 Å². The van der Waals surface area contributed by atoms with Crippen LogP contribution in [0.2, 0.25) is 0 Å². The highest BCUT2D eigenvalue weighted by molar-refractivity contribution is 5.90. The molecular formula is C28H32FNO3. The van der Waals surface area contributed by atoms with Gasteiger partial charge in [0, 0.05) is 19.2 Å². The smallest absolute Gasteiger partial charge is 0.164 e. The predicted molar refractivity (Wildman–Crippen MR) is 130 cm³/mol. The van der Waals surface area contributed by atoms with E-state index < -0.39 is 0 Å². The molecule has 1 saturated carbocycles. The number of rotatable bonds is 3. The van der Waals surface area contributed by atoms with Gasteiger partial charge in [0.2, 0.25) is 0 Å². The first-order valence-corrected chi connectivity index (χ1v) is 11.7. The van der Waals surface area contributed by atoms with Crippen LogP contribution >= 0.6 is 0 Å². The van der Waals surface area contributed by atoms with Gasteiger partial charge in [-0.1, -0.05) is 26.0 Å². The topological polar surface area (TPSA) is 43.6 Å². The van der Waals surface area contributed by atoms with E-state index in [-0.39, 0.29) is 22.6 Å². The molecule has 0 bridgehead atoms. The number of aryl methyl sites for hydroxylation is 1. The lowest BCUT2D eigenvalue weighted by Crippen LogP contribution is -2.53. The summed E-state index contributed by atoms with van der Waals surface area (Å²) in [6.07, 6.45) is 9.66.